The van der Waals surface area contributed by atoms with Crippen LogP contribution in [0.15, 0.2) is 316 Å². The number of allylic oxidation sites excluding steroid dienone is 8. The van der Waals surface area contributed by atoms with Crippen molar-refractivity contribution in [3.05, 3.63) is 340 Å². The summed E-state index contributed by atoms with van der Waals surface area (Å²) in [5, 5.41) is 57.3. The number of pyridine rings is 8. The topological polar surface area (TPSA) is 289 Å². The molecule has 0 bridgehead atoms. The van der Waals surface area contributed by atoms with E-state index in [1.807, 2.05) is 249 Å². The summed E-state index contributed by atoms with van der Waals surface area (Å²) in [4.78, 5) is 80.6. The summed E-state index contributed by atoms with van der Waals surface area (Å²) in [6.45, 7) is 42.9. The Hall–Kier alpha value is -12.3. The second kappa shape index (κ2) is 60.4. The van der Waals surface area contributed by atoms with E-state index in [4.69, 9.17) is 18.9 Å². The Morgan fingerprint density at radius 2 is 0.662 bits per heavy atom. The van der Waals surface area contributed by atoms with Gasteiger partial charge in [-0.3, -0.25) is 24.2 Å². The first kappa shape index (κ1) is 126. The van der Waals surface area contributed by atoms with Gasteiger partial charge in [-0.05, 0) is 195 Å². The average molecular weight is 2700 g/mol. The number of nitrogens with zero attached hydrogens (tertiary/aromatic N) is 8. The second-order valence-corrected chi connectivity index (χ2v) is 39.0. The Bertz CT molecular complexity index is 6440. The molecule has 16 rings (SSSR count). The molecule has 0 aliphatic carbocycles. The fourth-order valence-electron chi connectivity index (χ4n) is 14.7. The maximum atomic E-state index is 12.2. The van der Waals surface area contributed by atoms with Crippen molar-refractivity contribution in [2.24, 2.45) is 44.3 Å². The summed E-state index contributed by atoms with van der Waals surface area (Å²) in [7, 11) is 0. The Labute approximate surface area is 927 Å². The Morgan fingerprint density at radius 3 is 0.986 bits per heavy atom. The minimum atomic E-state index is -0.417. The number of aliphatic hydroxyl groups is 4. The number of carbonyl (C=O) groups is 4. The number of rotatable bonds is 28. The standard InChI is InChI=1S/4C18H11N2O.C15H28O2.2C13H24O2.C11H20O2.4Ir/c1-2-6-14-13(5-1)8-9-16-15(14)10-12-20-18(16)21-17-7-3-4-11-19-17;1-2-6-15-13(4-1)7-8-17-16(15)9-11-20-18(17)21-14-5-3-10-19-12-14;2*1-2-4-15-13(3-1)5-6-17-16(15)9-12-20-18(17)21-14-7-10-19-11-8-14;1-7-14(5,8-2)12(16)11-13(17)15(6,9-3)10-4;1-7-12(3,4)10(14)9-11(15)13(5,6)8-2;1-5-10(6-2)12(14)9-13(15)11(7-3)8-4;1-10(2,3)8(12)7-9(13)11(4,5)6;;;;/h1-6,8-12H;1-4,6-12H;2*1-7,9-12H;11,16H,7-10H2,1-6H3;9,14H,7-8H2,1-6H3;9-11,14H,5-8H2,1-4H3;7,12H,1-6H3;;;;/q4*-1;;;;;;;;. The zero-order valence-corrected chi connectivity index (χ0v) is 98.5. The Morgan fingerprint density at radius 1 is 0.297 bits per heavy atom. The molecule has 20 nitrogen and oxygen atoms in total. The van der Waals surface area contributed by atoms with Crippen LogP contribution in [0.25, 0.3) is 86.2 Å². The largest absolute Gasteiger partial charge is 0.512 e. The summed E-state index contributed by atoms with van der Waals surface area (Å²) in [5.74, 6) is 5.62. The molecule has 4 N–H and O–H groups in total. The smallest absolute Gasteiger partial charge is 0.227 e. The number of aliphatic hydroxyl groups excluding tert-OH is 4. The van der Waals surface area contributed by atoms with E-state index in [2.05, 4.69) is 137 Å². The molecule has 4 radical (unpaired) electrons. The molecule has 788 valence electrons. The van der Waals surface area contributed by atoms with Crippen molar-refractivity contribution >= 4 is 109 Å². The Balaban J connectivity index is 0.000000298. The maximum absolute atomic E-state index is 12.2. The summed E-state index contributed by atoms with van der Waals surface area (Å²) in [5.41, 5.74) is -2.05. The van der Waals surface area contributed by atoms with Gasteiger partial charge in [0.05, 0.1) is 5.76 Å². The number of carbonyl (C=O) groups excluding carboxylic acids is 4. The fraction of sp³-hybridized carbons (Fsp3) is 0.323. The second-order valence-electron chi connectivity index (χ2n) is 39.0. The minimum Gasteiger partial charge on any atom is -0.512 e. The van der Waals surface area contributed by atoms with Crippen LogP contribution < -0.4 is 18.9 Å². The van der Waals surface area contributed by atoms with Crippen molar-refractivity contribution in [3.8, 4) is 46.6 Å². The van der Waals surface area contributed by atoms with Crippen molar-refractivity contribution < 1.29 is 139 Å². The van der Waals surface area contributed by atoms with Crippen LogP contribution in [0.5, 0.6) is 46.6 Å². The average Bonchev–Trinajstić information content (AvgIpc) is 0.788. The van der Waals surface area contributed by atoms with Gasteiger partial charge in [0, 0.05) is 201 Å². The molecule has 0 aliphatic heterocycles. The van der Waals surface area contributed by atoms with Gasteiger partial charge in [0.15, 0.2) is 23.1 Å². The van der Waals surface area contributed by atoms with Crippen LogP contribution in [0.1, 0.15) is 217 Å². The van der Waals surface area contributed by atoms with Gasteiger partial charge >= 0.3 is 0 Å². The number of aromatic nitrogens is 8. The number of ketones is 4. The van der Waals surface area contributed by atoms with Crippen LogP contribution in [0, 0.1) is 68.6 Å². The molecule has 8 heterocycles. The van der Waals surface area contributed by atoms with Crippen LogP contribution >= 0.6 is 0 Å². The molecule has 0 spiro atoms. The molecule has 8 aromatic carbocycles. The third-order valence-corrected chi connectivity index (χ3v) is 26.6. The molecule has 0 fully saturated rings. The molecule has 0 amide bonds. The predicted molar refractivity (Wildman–Crippen MR) is 585 cm³/mol. The van der Waals surface area contributed by atoms with Gasteiger partial charge in [0.2, 0.25) is 23.5 Å². The molecule has 16 aromatic rings. The molecule has 0 saturated heterocycles. The van der Waals surface area contributed by atoms with E-state index in [1.54, 1.807) is 98.5 Å². The Kier molecular flexibility index (Phi) is 51.4. The zero-order valence-electron chi connectivity index (χ0n) is 88.9. The van der Waals surface area contributed by atoms with E-state index >= 15 is 0 Å². The van der Waals surface area contributed by atoms with Crippen LogP contribution in [0.3, 0.4) is 0 Å². The summed E-state index contributed by atoms with van der Waals surface area (Å²) >= 11 is 0. The first-order valence-corrected chi connectivity index (χ1v) is 49.6. The molecule has 148 heavy (non-hydrogen) atoms. The number of hydrogen-bond donors (Lipinski definition) is 4. The van der Waals surface area contributed by atoms with E-state index < -0.39 is 5.41 Å². The predicted octanol–water partition coefficient (Wildman–Crippen LogP) is 33.0. The normalized spacial score (nSPS) is 11.7. The molecule has 0 atom stereocenters. The van der Waals surface area contributed by atoms with Gasteiger partial charge < -0.3 is 54.3 Å². The monoisotopic (exact) mass is 2700 g/mol. The van der Waals surface area contributed by atoms with E-state index in [0.29, 0.717) is 46.6 Å². The first-order chi connectivity index (χ1) is 68.8. The fourth-order valence-corrected chi connectivity index (χ4v) is 14.7. The first-order valence-electron chi connectivity index (χ1n) is 49.6. The van der Waals surface area contributed by atoms with Gasteiger partial charge in [-0.15, -0.1) is 6.07 Å². The molecule has 24 heteroatoms. The molecule has 0 unspecified atom stereocenters. The van der Waals surface area contributed by atoms with Gasteiger partial charge in [-0.25, -0.2) is 26.0 Å². The third kappa shape index (κ3) is 35.4. The molecule has 0 saturated carbocycles. The van der Waals surface area contributed by atoms with Gasteiger partial charge in [-0.1, -0.05) is 311 Å². The van der Waals surface area contributed by atoms with Crippen LogP contribution in [-0.2, 0) is 99.6 Å². The molecule has 8 aromatic heterocycles. The van der Waals surface area contributed by atoms with Crippen LogP contribution in [0.4, 0.5) is 0 Å². The SMILES string of the molecule is CC(C)(C)C(=O)C=C(O)C(C)(C)C.CCC(C)(C)C(=O)C=C(O)C(C)(C)CC.CCC(C)(CC)C(=O)C=C(O)C(C)(CC)CC.CCC(CC)C(=O)C=C(O)C(CC)CC.[Ir].[Ir].[Ir].[Ir].[c-]1cccnc1Oc1nccc2c1ccc1ccccc12.[c-]1ccncc1Oc1nccc2c1ccc1ccccc12.[c-]1cnccc1Oc1nccc2c1ccc1ccccc12.[c-]1cnccc1Oc1nccc2c1ccc1ccccc12. The third-order valence-electron chi connectivity index (χ3n) is 26.6. The summed E-state index contributed by atoms with van der Waals surface area (Å²) in [6.07, 6.45) is 32.5. The van der Waals surface area contributed by atoms with Gasteiger partial charge in [-0.2, -0.15) is 42.5 Å². The van der Waals surface area contributed by atoms with E-state index in [0.717, 1.165) is 107 Å². The molecular weight excluding hydrogens is 2560 g/mol. The summed E-state index contributed by atoms with van der Waals surface area (Å²) in [6, 6.07) is 78.3. The van der Waals surface area contributed by atoms with Crippen molar-refractivity contribution in [2.45, 2.75) is 217 Å². The van der Waals surface area contributed by atoms with Crippen LogP contribution in [-0.4, -0.2) is 83.4 Å². The quantitative estimate of drug-likeness (QED) is 0.0153. The maximum Gasteiger partial charge on any atom is 0.227 e. The minimum absolute atomic E-state index is 0. The molecular formula is C124H140Ir4N8O12-4. The van der Waals surface area contributed by atoms with Crippen molar-refractivity contribution in [2.75, 3.05) is 0 Å². The number of benzene rings is 8. The van der Waals surface area contributed by atoms with E-state index in [1.165, 1.54) is 67.4 Å². The van der Waals surface area contributed by atoms with Crippen molar-refractivity contribution in [1.82, 2.24) is 39.9 Å². The van der Waals surface area contributed by atoms with E-state index in [-0.39, 0.29) is 166 Å². The zero-order chi connectivity index (χ0) is 105. The van der Waals surface area contributed by atoms with E-state index in [9.17, 15) is 39.6 Å². The van der Waals surface area contributed by atoms with Crippen LogP contribution in [0.2, 0.25) is 0 Å². The number of ether oxygens (including phenoxy) is 4. The van der Waals surface area contributed by atoms with Crippen molar-refractivity contribution in [1.29, 1.82) is 0 Å². The van der Waals surface area contributed by atoms with Crippen molar-refractivity contribution in [3.63, 3.8) is 0 Å². The molecule has 0 aliphatic rings. The number of hydrogen-bond acceptors (Lipinski definition) is 20. The van der Waals surface area contributed by atoms with Gasteiger partial charge in [0.1, 0.15) is 23.2 Å². The summed E-state index contributed by atoms with van der Waals surface area (Å²) < 4.78 is 23.2. The van der Waals surface area contributed by atoms with Gasteiger partial charge in [0.25, 0.3) is 0 Å². The number of fused-ring (bicyclic) bond motifs is 12.